The molecule has 0 radical (unpaired) electrons. The standard InChI is InChI=1S/C21H20ClIN2O/c22-15-5-3-6-16(13-15)25-21(19(24)26)10-8-20(9-11-21)17-7-2-1-4-14(17)12-18(20)23/h1-7,12-13,25H,8-11H2,(H2,24,26). The maximum absolute atomic E-state index is 12.4. The molecule has 4 rings (SSSR count). The van der Waals surface area contributed by atoms with E-state index in [1.165, 1.54) is 14.7 Å². The van der Waals surface area contributed by atoms with Crippen LogP contribution < -0.4 is 11.1 Å². The van der Waals surface area contributed by atoms with Gasteiger partial charge in [-0.3, -0.25) is 4.79 Å². The minimum Gasteiger partial charge on any atom is -0.371 e. The van der Waals surface area contributed by atoms with Crippen LogP contribution in [-0.2, 0) is 10.2 Å². The van der Waals surface area contributed by atoms with Gasteiger partial charge in [0.25, 0.3) is 0 Å². The second-order valence-electron chi connectivity index (χ2n) is 7.24. The summed E-state index contributed by atoms with van der Waals surface area (Å²) < 4.78 is 1.36. The quantitative estimate of drug-likeness (QED) is 0.590. The zero-order valence-corrected chi connectivity index (χ0v) is 17.2. The molecular weight excluding hydrogens is 459 g/mol. The van der Waals surface area contributed by atoms with E-state index in [0.717, 1.165) is 18.5 Å². The fourth-order valence-corrected chi connectivity index (χ4v) is 5.70. The Kier molecular flexibility index (Phi) is 4.51. The van der Waals surface area contributed by atoms with Crippen LogP contribution in [0.25, 0.3) is 6.08 Å². The molecule has 0 heterocycles. The van der Waals surface area contributed by atoms with Crippen molar-refractivity contribution < 1.29 is 4.79 Å². The SMILES string of the molecule is NC(=O)C1(Nc2cccc(Cl)c2)CCC2(CC1)C(I)=Cc1ccccc12. The van der Waals surface area contributed by atoms with Gasteiger partial charge in [-0.25, -0.2) is 0 Å². The van der Waals surface area contributed by atoms with Gasteiger partial charge in [-0.2, -0.15) is 0 Å². The van der Waals surface area contributed by atoms with Gasteiger partial charge in [0.1, 0.15) is 5.54 Å². The van der Waals surface area contributed by atoms with E-state index in [1.807, 2.05) is 24.3 Å². The second kappa shape index (κ2) is 6.57. The number of hydrogen-bond donors (Lipinski definition) is 2. The van der Waals surface area contributed by atoms with Crippen molar-refractivity contribution in [3.8, 4) is 0 Å². The zero-order valence-electron chi connectivity index (χ0n) is 14.3. The van der Waals surface area contributed by atoms with Gasteiger partial charge < -0.3 is 11.1 Å². The van der Waals surface area contributed by atoms with Crippen molar-refractivity contribution in [3.05, 3.63) is 68.3 Å². The minimum absolute atomic E-state index is 0.0200. The Bertz CT molecular complexity index is 900. The fraction of sp³-hybridized carbons (Fsp3) is 0.286. The van der Waals surface area contributed by atoms with E-state index < -0.39 is 5.54 Å². The summed E-state index contributed by atoms with van der Waals surface area (Å²) in [6, 6.07) is 16.0. The summed E-state index contributed by atoms with van der Waals surface area (Å²) in [5.41, 5.74) is 8.66. The molecule has 2 aliphatic carbocycles. The fourth-order valence-electron chi connectivity index (χ4n) is 4.35. The molecule has 0 aliphatic heterocycles. The number of amides is 1. The highest BCUT2D eigenvalue weighted by atomic mass is 127. The smallest absolute Gasteiger partial charge is 0.243 e. The molecule has 5 heteroatoms. The number of allylic oxidation sites excluding steroid dienone is 1. The Balaban J connectivity index is 1.63. The number of rotatable bonds is 3. The number of nitrogens with two attached hydrogens (primary N) is 1. The first-order valence-electron chi connectivity index (χ1n) is 8.76. The lowest BCUT2D eigenvalue weighted by atomic mass is 9.65. The number of primary amides is 1. The van der Waals surface area contributed by atoms with Crippen LogP contribution in [0, 0.1) is 0 Å². The first-order chi connectivity index (χ1) is 12.5. The van der Waals surface area contributed by atoms with E-state index in [-0.39, 0.29) is 11.3 Å². The lowest BCUT2D eigenvalue weighted by molar-refractivity contribution is -0.123. The van der Waals surface area contributed by atoms with E-state index in [0.29, 0.717) is 17.9 Å². The number of benzene rings is 2. The zero-order chi connectivity index (χ0) is 18.4. The summed E-state index contributed by atoms with van der Waals surface area (Å²) in [6.45, 7) is 0. The van der Waals surface area contributed by atoms with Crippen molar-refractivity contribution in [2.24, 2.45) is 5.73 Å². The van der Waals surface area contributed by atoms with E-state index in [4.69, 9.17) is 17.3 Å². The van der Waals surface area contributed by atoms with Crippen LogP contribution in [-0.4, -0.2) is 11.4 Å². The molecule has 3 N–H and O–H groups in total. The monoisotopic (exact) mass is 478 g/mol. The molecule has 2 aromatic carbocycles. The largest absolute Gasteiger partial charge is 0.371 e. The molecule has 2 aliphatic rings. The molecule has 0 aromatic heterocycles. The van der Waals surface area contributed by atoms with Gasteiger partial charge in [0, 0.05) is 19.7 Å². The van der Waals surface area contributed by atoms with Gasteiger partial charge in [0.05, 0.1) is 0 Å². The molecule has 1 spiro atoms. The van der Waals surface area contributed by atoms with Gasteiger partial charge in [-0.05, 0) is 83.7 Å². The summed E-state index contributed by atoms with van der Waals surface area (Å²) in [6.07, 6.45) is 5.47. The Morgan fingerprint density at radius 2 is 1.81 bits per heavy atom. The van der Waals surface area contributed by atoms with Crippen LogP contribution in [0.1, 0.15) is 36.8 Å². The Hall–Kier alpha value is -1.53. The molecule has 3 nitrogen and oxygen atoms in total. The molecule has 0 saturated heterocycles. The van der Waals surface area contributed by atoms with Crippen LogP contribution in [0.5, 0.6) is 0 Å². The molecule has 26 heavy (non-hydrogen) atoms. The van der Waals surface area contributed by atoms with E-state index >= 15 is 0 Å². The number of fused-ring (bicyclic) bond motifs is 2. The molecular formula is C21H20ClIN2O. The van der Waals surface area contributed by atoms with E-state index in [9.17, 15) is 4.79 Å². The molecule has 0 atom stereocenters. The summed E-state index contributed by atoms with van der Waals surface area (Å²) in [5.74, 6) is -0.294. The third kappa shape index (κ3) is 2.83. The summed E-state index contributed by atoms with van der Waals surface area (Å²) in [7, 11) is 0. The Morgan fingerprint density at radius 1 is 1.08 bits per heavy atom. The van der Waals surface area contributed by atoms with Gasteiger partial charge in [-0.1, -0.05) is 41.9 Å². The third-order valence-electron chi connectivity index (χ3n) is 5.85. The molecule has 134 valence electrons. The summed E-state index contributed by atoms with van der Waals surface area (Å²) in [5, 5.41) is 4.04. The van der Waals surface area contributed by atoms with Crippen LogP contribution in [0.2, 0.25) is 5.02 Å². The van der Waals surface area contributed by atoms with Crippen molar-refractivity contribution in [3.63, 3.8) is 0 Å². The normalized spacial score (nSPS) is 27.1. The second-order valence-corrected chi connectivity index (χ2v) is 8.84. The van der Waals surface area contributed by atoms with Crippen LogP contribution in [0.4, 0.5) is 5.69 Å². The molecule has 2 aromatic rings. The highest BCUT2D eigenvalue weighted by Gasteiger charge is 2.50. The van der Waals surface area contributed by atoms with Gasteiger partial charge in [0.2, 0.25) is 5.91 Å². The van der Waals surface area contributed by atoms with Gasteiger partial charge in [-0.15, -0.1) is 0 Å². The van der Waals surface area contributed by atoms with Gasteiger partial charge in [0.15, 0.2) is 0 Å². The number of carbonyl (C=O) groups excluding carboxylic acids is 1. The Morgan fingerprint density at radius 3 is 2.50 bits per heavy atom. The molecule has 1 fully saturated rings. The van der Waals surface area contributed by atoms with Crippen LogP contribution in [0.3, 0.4) is 0 Å². The van der Waals surface area contributed by atoms with E-state index in [1.54, 1.807) is 0 Å². The maximum atomic E-state index is 12.4. The first kappa shape index (κ1) is 17.9. The first-order valence-corrected chi connectivity index (χ1v) is 10.2. The number of hydrogen-bond acceptors (Lipinski definition) is 2. The van der Waals surface area contributed by atoms with Crippen molar-refractivity contribution in [2.75, 3.05) is 5.32 Å². The molecule has 0 bridgehead atoms. The molecule has 1 amide bonds. The van der Waals surface area contributed by atoms with Crippen molar-refractivity contribution in [1.29, 1.82) is 0 Å². The average molecular weight is 479 g/mol. The highest BCUT2D eigenvalue weighted by Crippen LogP contribution is 2.55. The number of halogens is 2. The molecule has 1 saturated carbocycles. The van der Waals surface area contributed by atoms with Crippen LogP contribution >= 0.6 is 34.2 Å². The lowest BCUT2D eigenvalue weighted by Crippen LogP contribution is -2.54. The topological polar surface area (TPSA) is 55.1 Å². The minimum atomic E-state index is -0.732. The number of anilines is 1. The number of carbonyl (C=O) groups is 1. The van der Waals surface area contributed by atoms with Crippen molar-refractivity contribution in [1.82, 2.24) is 0 Å². The van der Waals surface area contributed by atoms with E-state index in [2.05, 4.69) is 58.2 Å². The maximum Gasteiger partial charge on any atom is 0.243 e. The average Bonchev–Trinajstić information content (AvgIpc) is 2.89. The Labute approximate surface area is 172 Å². The van der Waals surface area contributed by atoms with Gasteiger partial charge >= 0.3 is 0 Å². The van der Waals surface area contributed by atoms with Crippen LogP contribution in [0.15, 0.2) is 52.1 Å². The highest BCUT2D eigenvalue weighted by molar-refractivity contribution is 14.1. The third-order valence-corrected chi connectivity index (χ3v) is 7.43. The summed E-state index contributed by atoms with van der Waals surface area (Å²) in [4.78, 5) is 12.4. The van der Waals surface area contributed by atoms with Crippen molar-refractivity contribution in [2.45, 2.75) is 36.6 Å². The lowest BCUT2D eigenvalue weighted by Gasteiger charge is -2.45. The number of nitrogens with one attached hydrogen (secondary N) is 1. The van der Waals surface area contributed by atoms with Crippen molar-refractivity contribution >= 4 is 51.9 Å². The predicted molar refractivity (Wildman–Crippen MR) is 116 cm³/mol. The summed E-state index contributed by atoms with van der Waals surface area (Å²) >= 11 is 8.56. The molecule has 0 unspecified atom stereocenters. The predicted octanol–water partition coefficient (Wildman–Crippen LogP) is 5.28.